The van der Waals surface area contributed by atoms with Crippen LogP contribution in [0.25, 0.3) is 0 Å². The molecule has 1 amide bonds. The zero-order chi connectivity index (χ0) is 13.9. The molecule has 1 saturated heterocycles. The van der Waals surface area contributed by atoms with Gasteiger partial charge in [0.1, 0.15) is 5.75 Å². The minimum Gasteiger partial charge on any atom is -0.508 e. The first-order valence-electron chi connectivity index (χ1n) is 6.03. The fourth-order valence-electron chi connectivity index (χ4n) is 1.84. The maximum atomic E-state index is 12.0. The third-order valence-corrected chi connectivity index (χ3v) is 4.03. The Balaban J connectivity index is 2.18. The van der Waals surface area contributed by atoms with E-state index < -0.39 is 10.1 Å². The molecular weight excluding hydrogens is 270 g/mol. The number of carbonyl (C=O) groups excluding carboxylic acids is 1. The van der Waals surface area contributed by atoms with Crippen molar-refractivity contribution in [1.82, 2.24) is 5.06 Å². The van der Waals surface area contributed by atoms with Gasteiger partial charge in [0.25, 0.3) is 0 Å². The van der Waals surface area contributed by atoms with Crippen LogP contribution in [0.1, 0.15) is 25.7 Å². The molecule has 0 bridgehead atoms. The van der Waals surface area contributed by atoms with Gasteiger partial charge >= 0.3 is 10.1 Å². The summed E-state index contributed by atoms with van der Waals surface area (Å²) in [4.78, 5) is 11.5. The van der Waals surface area contributed by atoms with Crippen LogP contribution in [0.15, 0.2) is 29.2 Å². The summed E-state index contributed by atoms with van der Waals surface area (Å²) in [6.07, 6.45) is 2.61. The zero-order valence-corrected chi connectivity index (χ0v) is 11.1. The van der Waals surface area contributed by atoms with Gasteiger partial charge in [-0.15, -0.1) is 4.28 Å². The van der Waals surface area contributed by atoms with Crippen LogP contribution in [0.4, 0.5) is 0 Å². The van der Waals surface area contributed by atoms with Crippen molar-refractivity contribution < 1.29 is 22.6 Å². The summed E-state index contributed by atoms with van der Waals surface area (Å²) in [5.74, 6) is -0.506. The number of carbonyl (C=O) groups is 1. The predicted molar refractivity (Wildman–Crippen MR) is 66.6 cm³/mol. The maximum absolute atomic E-state index is 12.0. The van der Waals surface area contributed by atoms with E-state index in [9.17, 15) is 18.3 Å². The number of nitrogens with zero attached hydrogens (tertiary/aromatic N) is 1. The van der Waals surface area contributed by atoms with Gasteiger partial charge in [-0.1, -0.05) is 12.5 Å². The molecule has 1 N–H and O–H groups in total. The summed E-state index contributed by atoms with van der Waals surface area (Å²) in [5, 5.41) is 10.2. The van der Waals surface area contributed by atoms with Gasteiger partial charge in [-0.3, -0.25) is 4.79 Å². The molecule has 1 heterocycles. The largest absolute Gasteiger partial charge is 0.508 e. The van der Waals surface area contributed by atoms with Gasteiger partial charge < -0.3 is 5.11 Å². The number of amides is 1. The van der Waals surface area contributed by atoms with Crippen LogP contribution in [0, 0.1) is 0 Å². The van der Waals surface area contributed by atoms with Crippen LogP contribution in [-0.2, 0) is 19.2 Å². The molecule has 6 nitrogen and oxygen atoms in total. The van der Waals surface area contributed by atoms with E-state index in [0.29, 0.717) is 6.42 Å². The van der Waals surface area contributed by atoms with Gasteiger partial charge in [0.05, 0.1) is 11.4 Å². The van der Waals surface area contributed by atoms with E-state index in [1.807, 2.05) is 0 Å². The van der Waals surface area contributed by atoms with Crippen molar-refractivity contribution >= 4 is 16.0 Å². The molecule has 0 aliphatic carbocycles. The Labute approximate surface area is 111 Å². The number of hydroxylamine groups is 2. The van der Waals surface area contributed by atoms with E-state index in [2.05, 4.69) is 0 Å². The summed E-state index contributed by atoms with van der Waals surface area (Å²) in [5.41, 5.74) is 0. The molecule has 0 atom stereocenters. The Hall–Kier alpha value is -1.60. The number of phenolic OH excluding ortho intramolecular Hbond substituents is 1. The van der Waals surface area contributed by atoms with Gasteiger partial charge in [0.15, 0.2) is 0 Å². The van der Waals surface area contributed by atoms with Gasteiger partial charge in [0.2, 0.25) is 5.91 Å². The van der Waals surface area contributed by atoms with Crippen LogP contribution in [0.5, 0.6) is 5.75 Å². The zero-order valence-electron chi connectivity index (χ0n) is 10.3. The molecule has 1 aliphatic rings. The first-order chi connectivity index (χ1) is 8.99. The smallest absolute Gasteiger partial charge is 0.317 e. The van der Waals surface area contributed by atoms with Gasteiger partial charge in [0, 0.05) is 12.5 Å². The molecule has 19 heavy (non-hydrogen) atoms. The summed E-state index contributed by atoms with van der Waals surface area (Å²) >= 11 is 0. The summed E-state index contributed by atoms with van der Waals surface area (Å²) in [7, 11) is -4.09. The molecule has 0 aromatic heterocycles. The second-order valence-corrected chi connectivity index (χ2v) is 5.86. The molecule has 1 fully saturated rings. The monoisotopic (exact) mass is 285 g/mol. The average Bonchev–Trinajstić information content (AvgIpc) is 2.55. The molecule has 0 saturated carbocycles. The molecule has 2 rings (SSSR count). The van der Waals surface area contributed by atoms with E-state index >= 15 is 0 Å². The van der Waals surface area contributed by atoms with E-state index in [1.54, 1.807) is 0 Å². The number of benzene rings is 1. The highest BCUT2D eigenvalue weighted by atomic mass is 32.2. The number of rotatable bonds is 3. The summed E-state index contributed by atoms with van der Waals surface area (Å²) in [6.45, 7) is 0.261. The standard InChI is InChI=1S/C12H15NO5S/c14-10-5-4-6-11(9-10)19(16,17)18-13-8-3-1-2-7-12(13)15/h4-6,9,14H,1-3,7-8H2. The lowest BCUT2D eigenvalue weighted by Gasteiger charge is -2.18. The second kappa shape index (κ2) is 5.58. The van der Waals surface area contributed by atoms with Gasteiger partial charge in [-0.2, -0.15) is 8.42 Å². The molecule has 1 aliphatic heterocycles. The Morgan fingerprint density at radius 2 is 2.00 bits per heavy atom. The van der Waals surface area contributed by atoms with E-state index in [1.165, 1.54) is 18.2 Å². The molecule has 1 aromatic rings. The fraction of sp³-hybridized carbons (Fsp3) is 0.417. The van der Waals surface area contributed by atoms with E-state index in [4.69, 9.17) is 4.28 Å². The Morgan fingerprint density at radius 1 is 1.21 bits per heavy atom. The molecule has 0 radical (unpaired) electrons. The Kier molecular flexibility index (Phi) is 4.06. The highest BCUT2D eigenvalue weighted by molar-refractivity contribution is 7.86. The maximum Gasteiger partial charge on any atom is 0.317 e. The van der Waals surface area contributed by atoms with Crippen molar-refractivity contribution in [3.05, 3.63) is 24.3 Å². The normalized spacial score (nSPS) is 17.3. The molecule has 1 aromatic carbocycles. The van der Waals surface area contributed by atoms with Gasteiger partial charge in [-0.05, 0) is 25.0 Å². The SMILES string of the molecule is O=C1CCCCCN1OS(=O)(=O)c1cccc(O)c1. The molecule has 0 unspecified atom stereocenters. The first-order valence-corrected chi connectivity index (χ1v) is 7.44. The molecule has 0 spiro atoms. The lowest BCUT2D eigenvalue weighted by Crippen LogP contribution is -2.33. The van der Waals surface area contributed by atoms with Crippen LogP contribution < -0.4 is 0 Å². The van der Waals surface area contributed by atoms with Crippen LogP contribution >= 0.6 is 0 Å². The second-order valence-electron chi connectivity index (χ2n) is 4.33. The molecule has 7 heteroatoms. The third-order valence-electron chi connectivity index (χ3n) is 2.82. The molecule has 104 valence electrons. The van der Waals surface area contributed by atoms with Crippen molar-refractivity contribution in [3.63, 3.8) is 0 Å². The molecular formula is C12H15NO5S. The third kappa shape index (κ3) is 3.45. The Bertz CT molecular complexity index is 569. The van der Waals surface area contributed by atoms with Crippen molar-refractivity contribution in [2.45, 2.75) is 30.6 Å². The van der Waals surface area contributed by atoms with Gasteiger partial charge in [-0.25, -0.2) is 5.06 Å². The van der Waals surface area contributed by atoms with E-state index in [0.717, 1.165) is 24.0 Å². The number of phenols is 1. The number of aromatic hydroxyl groups is 1. The Morgan fingerprint density at radius 3 is 2.74 bits per heavy atom. The van der Waals surface area contributed by atoms with Crippen molar-refractivity contribution in [1.29, 1.82) is 0 Å². The number of hydrogen-bond donors (Lipinski definition) is 1. The summed E-state index contributed by atoms with van der Waals surface area (Å²) < 4.78 is 28.8. The average molecular weight is 285 g/mol. The first kappa shape index (κ1) is 13.8. The topological polar surface area (TPSA) is 83.9 Å². The van der Waals surface area contributed by atoms with Crippen molar-refractivity contribution in [2.75, 3.05) is 6.54 Å². The quantitative estimate of drug-likeness (QED) is 0.908. The predicted octanol–water partition coefficient (Wildman–Crippen LogP) is 1.42. The fourth-order valence-corrected chi connectivity index (χ4v) is 2.83. The minimum absolute atomic E-state index is 0.174. The minimum atomic E-state index is -4.09. The summed E-state index contributed by atoms with van der Waals surface area (Å²) in [6, 6.07) is 5.14. The number of hydrogen-bond acceptors (Lipinski definition) is 5. The highest BCUT2D eigenvalue weighted by Crippen LogP contribution is 2.20. The van der Waals surface area contributed by atoms with Crippen molar-refractivity contribution in [3.8, 4) is 5.75 Å². The lowest BCUT2D eigenvalue weighted by molar-refractivity contribution is -0.155. The van der Waals surface area contributed by atoms with E-state index in [-0.39, 0.29) is 29.5 Å². The van der Waals surface area contributed by atoms with Crippen LogP contribution in [0.2, 0.25) is 0 Å². The van der Waals surface area contributed by atoms with Crippen molar-refractivity contribution in [2.24, 2.45) is 0 Å². The van der Waals surface area contributed by atoms with Crippen LogP contribution in [0.3, 0.4) is 0 Å². The van der Waals surface area contributed by atoms with Crippen LogP contribution in [-0.4, -0.2) is 31.0 Å². The highest BCUT2D eigenvalue weighted by Gasteiger charge is 2.25. The lowest BCUT2D eigenvalue weighted by atomic mass is 10.2.